The molecule has 0 heterocycles. The molecule has 0 atom stereocenters. The Kier molecular flexibility index (Phi) is 5.16. The summed E-state index contributed by atoms with van der Waals surface area (Å²) in [4.78, 5) is 24.2. The van der Waals surface area contributed by atoms with Crippen LogP contribution in [0.5, 0.6) is 11.5 Å². The second kappa shape index (κ2) is 7.09. The van der Waals surface area contributed by atoms with Gasteiger partial charge in [0, 0.05) is 12.7 Å². The lowest BCUT2D eigenvalue weighted by Crippen LogP contribution is -2.20. The fourth-order valence-corrected chi connectivity index (χ4v) is 2.11. The third-order valence-corrected chi connectivity index (χ3v) is 3.25. The Bertz CT molecular complexity index is 617. The van der Waals surface area contributed by atoms with E-state index in [1.54, 1.807) is 0 Å². The number of rotatable bonds is 7. The van der Waals surface area contributed by atoms with Crippen LogP contribution in [0.4, 0.5) is 0 Å². The molecule has 1 aliphatic rings. The van der Waals surface area contributed by atoms with E-state index < -0.39 is 11.6 Å². The maximum Gasteiger partial charge on any atom is 0.232 e. The first-order valence-corrected chi connectivity index (χ1v) is 7.12. The highest BCUT2D eigenvalue weighted by Crippen LogP contribution is 2.34. The van der Waals surface area contributed by atoms with Crippen molar-refractivity contribution < 1.29 is 29.3 Å². The van der Waals surface area contributed by atoms with E-state index in [-0.39, 0.29) is 35.0 Å². The molecule has 0 aromatic heterocycles. The van der Waals surface area contributed by atoms with Crippen LogP contribution in [0, 0.1) is 0 Å². The molecule has 0 aliphatic heterocycles. The van der Waals surface area contributed by atoms with Crippen molar-refractivity contribution in [1.29, 1.82) is 0 Å². The largest absolute Gasteiger partial charge is 0.507 e. The highest BCUT2D eigenvalue weighted by molar-refractivity contribution is 6.25. The zero-order valence-corrected chi connectivity index (χ0v) is 12.3. The standard InChI is InChI=1S/C16H18O6/c1-2-3-6-21-7-8-22-13-9-12(19)14-10(17)4-5-11(18)15(14)16(13)20/h4-5,9,17-18H,2-3,6-8H2,1H3. The van der Waals surface area contributed by atoms with Crippen molar-refractivity contribution in [3.8, 4) is 11.5 Å². The first-order valence-electron chi connectivity index (χ1n) is 7.12. The van der Waals surface area contributed by atoms with Crippen molar-refractivity contribution in [2.24, 2.45) is 0 Å². The fourth-order valence-electron chi connectivity index (χ4n) is 2.11. The molecule has 0 radical (unpaired) electrons. The Balaban J connectivity index is 2.05. The molecule has 22 heavy (non-hydrogen) atoms. The van der Waals surface area contributed by atoms with Gasteiger partial charge in [0.1, 0.15) is 18.1 Å². The number of hydrogen-bond donors (Lipinski definition) is 2. The molecule has 0 spiro atoms. The van der Waals surface area contributed by atoms with Gasteiger partial charge in [0.25, 0.3) is 0 Å². The quantitative estimate of drug-likeness (QED) is 0.592. The Morgan fingerprint density at radius 3 is 2.36 bits per heavy atom. The molecule has 0 saturated carbocycles. The zero-order valence-electron chi connectivity index (χ0n) is 12.3. The molecule has 0 amide bonds. The third-order valence-electron chi connectivity index (χ3n) is 3.25. The predicted octanol–water partition coefficient (Wildman–Crippen LogP) is 2.19. The number of allylic oxidation sites excluding steroid dienone is 2. The summed E-state index contributed by atoms with van der Waals surface area (Å²) in [6, 6.07) is 2.33. The zero-order chi connectivity index (χ0) is 16.1. The van der Waals surface area contributed by atoms with Crippen molar-refractivity contribution in [3.05, 3.63) is 35.1 Å². The van der Waals surface area contributed by atoms with Crippen molar-refractivity contribution in [1.82, 2.24) is 0 Å². The minimum atomic E-state index is -0.628. The maximum atomic E-state index is 12.2. The molecule has 1 aromatic carbocycles. The molecule has 0 bridgehead atoms. The van der Waals surface area contributed by atoms with Crippen LogP contribution in [0.1, 0.15) is 40.5 Å². The van der Waals surface area contributed by atoms with Crippen LogP contribution < -0.4 is 0 Å². The van der Waals surface area contributed by atoms with Gasteiger partial charge in [0.2, 0.25) is 5.78 Å². The lowest BCUT2D eigenvalue weighted by molar-refractivity contribution is 0.0639. The number of fused-ring (bicyclic) bond motifs is 1. The van der Waals surface area contributed by atoms with Crippen LogP contribution in [0.15, 0.2) is 24.0 Å². The second-order valence-electron chi connectivity index (χ2n) is 4.87. The molecule has 1 aliphatic carbocycles. The molecule has 2 rings (SSSR count). The molecule has 1 aromatic rings. The molecular weight excluding hydrogens is 288 g/mol. The number of phenols is 2. The number of carbonyl (C=O) groups excluding carboxylic acids is 2. The Hall–Kier alpha value is -2.34. The van der Waals surface area contributed by atoms with Crippen molar-refractivity contribution >= 4 is 11.6 Å². The monoisotopic (exact) mass is 306 g/mol. The first kappa shape index (κ1) is 16.0. The number of ether oxygens (including phenoxy) is 2. The Morgan fingerprint density at radius 1 is 1.00 bits per heavy atom. The van der Waals surface area contributed by atoms with Crippen LogP contribution in [0.25, 0.3) is 0 Å². The first-order chi connectivity index (χ1) is 10.6. The summed E-state index contributed by atoms with van der Waals surface area (Å²) in [7, 11) is 0. The van der Waals surface area contributed by atoms with Gasteiger partial charge in [0.15, 0.2) is 11.5 Å². The molecular formula is C16H18O6. The SMILES string of the molecule is CCCCOCCOC1=CC(=O)c2c(O)ccc(O)c2C1=O. The summed E-state index contributed by atoms with van der Waals surface area (Å²) in [6.45, 7) is 3.10. The smallest absolute Gasteiger partial charge is 0.232 e. The van der Waals surface area contributed by atoms with Crippen LogP contribution in [0.3, 0.4) is 0 Å². The molecule has 0 unspecified atom stereocenters. The van der Waals surface area contributed by atoms with E-state index in [4.69, 9.17) is 9.47 Å². The van der Waals surface area contributed by atoms with E-state index >= 15 is 0 Å². The lowest BCUT2D eigenvalue weighted by Gasteiger charge is -2.17. The highest BCUT2D eigenvalue weighted by atomic mass is 16.5. The number of ketones is 2. The van der Waals surface area contributed by atoms with Crippen LogP contribution in [-0.2, 0) is 9.47 Å². The number of carbonyl (C=O) groups is 2. The van der Waals surface area contributed by atoms with Gasteiger partial charge < -0.3 is 19.7 Å². The minimum Gasteiger partial charge on any atom is -0.507 e. The van der Waals surface area contributed by atoms with Gasteiger partial charge in [-0.1, -0.05) is 13.3 Å². The van der Waals surface area contributed by atoms with E-state index in [1.165, 1.54) is 6.07 Å². The average Bonchev–Trinajstić information content (AvgIpc) is 2.49. The lowest BCUT2D eigenvalue weighted by atomic mass is 9.92. The number of aromatic hydroxyl groups is 2. The van der Waals surface area contributed by atoms with Gasteiger partial charge in [-0.2, -0.15) is 0 Å². The highest BCUT2D eigenvalue weighted by Gasteiger charge is 2.32. The number of Topliss-reactive ketones (excluding diaryl/α,β-unsaturated/α-hetero) is 1. The van der Waals surface area contributed by atoms with Gasteiger partial charge >= 0.3 is 0 Å². The summed E-state index contributed by atoms with van der Waals surface area (Å²) < 4.78 is 10.6. The van der Waals surface area contributed by atoms with E-state index in [0.717, 1.165) is 25.0 Å². The van der Waals surface area contributed by atoms with Gasteiger partial charge in [0.05, 0.1) is 17.7 Å². The fraction of sp³-hybridized carbons (Fsp3) is 0.375. The van der Waals surface area contributed by atoms with E-state index in [0.29, 0.717) is 13.2 Å². The van der Waals surface area contributed by atoms with Gasteiger partial charge in [-0.05, 0) is 18.6 Å². The Morgan fingerprint density at radius 2 is 1.68 bits per heavy atom. The predicted molar refractivity (Wildman–Crippen MR) is 78.2 cm³/mol. The summed E-state index contributed by atoms with van der Waals surface area (Å²) in [5, 5.41) is 19.4. The minimum absolute atomic E-state index is 0.128. The topological polar surface area (TPSA) is 93.1 Å². The normalized spacial score (nSPS) is 13.8. The molecule has 6 nitrogen and oxygen atoms in total. The van der Waals surface area contributed by atoms with Crippen LogP contribution >= 0.6 is 0 Å². The van der Waals surface area contributed by atoms with E-state index in [1.807, 2.05) is 0 Å². The molecule has 118 valence electrons. The van der Waals surface area contributed by atoms with Gasteiger partial charge in [-0.3, -0.25) is 9.59 Å². The second-order valence-corrected chi connectivity index (χ2v) is 4.87. The van der Waals surface area contributed by atoms with Crippen molar-refractivity contribution in [3.63, 3.8) is 0 Å². The van der Waals surface area contributed by atoms with E-state index in [2.05, 4.69) is 6.92 Å². The van der Waals surface area contributed by atoms with E-state index in [9.17, 15) is 19.8 Å². The van der Waals surface area contributed by atoms with Crippen molar-refractivity contribution in [2.45, 2.75) is 19.8 Å². The van der Waals surface area contributed by atoms with Gasteiger partial charge in [-0.15, -0.1) is 0 Å². The van der Waals surface area contributed by atoms with Crippen LogP contribution in [-0.4, -0.2) is 41.6 Å². The average molecular weight is 306 g/mol. The summed E-state index contributed by atoms with van der Waals surface area (Å²) in [5.41, 5.74) is -0.425. The molecule has 0 saturated heterocycles. The van der Waals surface area contributed by atoms with Gasteiger partial charge in [-0.25, -0.2) is 0 Å². The number of hydrogen-bond acceptors (Lipinski definition) is 6. The Labute approximate surface area is 128 Å². The summed E-state index contributed by atoms with van der Waals surface area (Å²) in [5.74, 6) is -2.07. The summed E-state index contributed by atoms with van der Waals surface area (Å²) >= 11 is 0. The third kappa shape index (κ3) is 3.28. The van der Waals surface area contributed by atoms with Crippen molar-refractivity contribution in [2.75, 3.05) is 19.8 Å². The number of benzene rings is 1. The molecule has 2 N–H and O–H groups in total. The molecule has 0 fully saturated rings. The summed E-state index contributed by atoms with van der Waals surface area (Å²) in [6.07, 6.45) is 3.00. The number of phenolic OH excluding ortho intramolecular Hbond substituents is 2. The number of unbranched alkanes of at least 4 members (excludes halogenated alkanes) is 1. The molecule has 6 heteroatoms. The maximum absolute atomic E-state index is 12.2. The van der Waals surface area contributed by atoms with Crippen LogP contribution in [0.2, 0.25) is 0 Å².